The zero-order chi connectivity index (χ0) is 19.8. The molecule has 8 heteroatoms. The van der Waals surface area contributed by atoms with Crippen LogP contribution in [0.3, 0.4) is 0 Å². The molecule has 1 aliphatic heterocycles. The van der Waals surface area contributed by atoms with Crippen LogP contribution in [0.25, 0.3) is 11.3 Å². The molecule has 2 heterocycles. The Morgan fingerprint density at radius 2 is 1.93 bits per heavy atom. The second-order valence-corrected chi connectivity index (χ2v) is 7.59. The number of amides is 1. The van der Waals surface area contributed by atoms with Crippen LogP contribution in [0.5, 0.6) is 5.88 Å². The lowest BCUT2D eigenvalue weighted by atomic mass is 10.1. The number of carbonyl (C=O) groups is 1. The van der Waals surface area contributed by atoms with Crippen molar-refractivity contribution in [2.75, 3.05) is 11.2 Å². The molecular formula is C20H17ClN4O2S. The smallest absolute Gasteiger partial charge is 0.247 e. The van der Waals surface area contributed by atoms with Crippen LogP contribution in [0.2, 0.25) is 5.02 Å². The fourth-order valence-corrected chi connectivity index (χ4v) is 3.58. The van der Waals surface area contributed by atoms with Gasteiger partial charge in [0.1, 0.15) is 0 Å². The monoisotopic (exact) mass is 412 g/mol. The lowest BCUT2D eigenvalue weighted by Gasteiger charge is -2.30. The van der Waals surface area contributed by atoms with Gasteiger partial charge in [0.25, 0.3) is 0 Å². The van der Waals surface area contributed by atoms with E-state index in [1.54, 1.807) is 23.1 Å². The van der Waals surface area contributed by atoms with Gasteiger partial charge in [-0.1, -0.05) is 53.2 Å². The van der Waals surface area contributed by atoms with Gasteiger partial charge in [-0.2, -0.15) is 4.98 Å². The number of fused-ring (bicyclic) bond motifs is 3. The van der Waals surface area contributed by atoms with Crippen LogP contribution in [0.4, 0.5) is 5.69 Å². The zero-order valence-corrected chi connectivity index (χ0v) is 17.1. The summed E-state index contributed by atoms with van der Waals surface area (Å²) in [7, 11) is 0. The number of hydrogen-bond acceptors (Lipinski definition) is 6. The summed E-state index contributed by atoms with van der Waals surface area (Å²) in [6, 6.07) is 13.1. The first-order chi connectivity index (χ1) is 13.5. The summed E-state index contributed by atoms with van der Waals surface area (Å²) in [5.41, 5.74) is 3.71. The first-order valence-electron chi connectivity index (χ1n) is 8.59. The molecule has 28 heavy (non-hydrogen) atoms. The van der Waals surface area contributed by atoms with Crippen LogP contribution >= 0.6 is 23.4 Å². The third-order valence-electron chi connectivity index (χ3n) is 4.45. The number of halogens is 1. The van der Waals surface area contributed by atoms with Crippen molar-refractivity contribution < 1.29 is 9.53 Å². The number of benzene rings is 2. The topological polar surface area (TPSA) is 68.2 Å². The summed E-state index contributed by atoms with van der Waals surface area (Å²) in [4.78, 5) is 18.8. The molecule has 2 aromatic carbocycles. The van der Waals surface area contributed by atoms with E-state index in [1.807, 2.05) is 37.4 Å². The zero-order valence-electron chi connectivity index (χ0n) is 15.5. The molecule has 3 aromatic rings. The van der Waals surface area contributed by atoms with E-state index in [0.717, 1.165) is 11.1 Å². The van der Waals surface area contributed by atoms with Crippen molar-refractivity contribution in [3.05, 3.63) is 58.6 Å². The van der Waals surface area contributed by atoms with Gasteiger partial charge in [0.15, 0.2) is 5.69 Å². The molecule has 0 saturated carbocycles. The van der Waals surface area contributed by atoms with Crippen LogP contribution in [0.15, 0.2) is 47.6 Å². The molecule has 1 aromatic heterocycles. The van der Waals surface area contributed by atoms with E-state index < -0.39 is 6.23 Å². The number of aromatic nitrogens is 3. The number of hydrogen-bond donors (Lipinski definition) is 0. The number of aryl methyl sites for hydroxylation is 1. The van der Waals surface area contributed by atoms with Gasteiger partial charge in [-0.15, -0.1) is 10.2 Å². The molecule has 0 fully saturated rings. The molecule has 1 amide bonds. The van der Waals surface area contributed by atoms with Gasteiger partial charge in [-0.25, -0.2) is 0 Å². The van der Waals surface area contributed by atoms with Crippen LogP contribution < -0.4 is 9.64 Å². The standard InChI is InChI=1S/C20H17ClN4O2S/c1-11-4-6-13(7-5-11)19-25(12(2)26)16-9-8-14(21)10-15(16)17-18(27-19)22-20(28-3)24-23-17/h4-10,19H,1-3H3. The Bertz CT molecular complexity index is 1060. The first-order valence-corrected chi connectivity index (χ1v) is 10.2. The van der Waals surface area contributed by atoms with E-state index in [-0.39, 0.29) is 5.91 Å². The van der Waals surface area contributed by atoms with Gasteiger partial charge in [0.2, 0.25) is 23.2 Å². The number of rotatable bonds is 2. The van der Waals surface area contributed by atoms with Crippen molar-refractivity contribution in [2.45, 2.75) is 25.2 Å². The summed E-state index contributed by atoms with van der Waals surface area (Å²) in [6.45, 7) is 3.51. The Hall–Kier alpha value is -2.64. The van der Waals surface area contributed by atoms with E-state index in [4.69, 9.17) is 16.3 Å². The minimum atomic E-state index is -0.689. The summed E-state index contributed by atoms with van der Waals surface area (Å²) < 4.78 is 6.26. The van der Waals surface area contributed by atoms with Crippen molar-refractivity contribution >= 4 is 35.0 Å². The van der Waals surface area contributed by atoms with Gasteiger partial charge in [0.05, 0.1) is 5.69 Å². The van der Waals surface area contributed by atoms with E-state index >= 15 is 0 Å². The van der Waals surface area contributed by atoms with Crippen LogP contribution in [-0.2, 0) is 4.79 Å². The van der Waals surface area contributed by atoms with Crippen LogP contribution in [-0.4, -0.2) is 27.3 Å². The molecule has 0 N–H and O–H groups in total. The molecule has 0 bridgehead atoms. The van der Waals surface area contributed by atoms with E-state index in [2.05, 4.69) is 15.2 Å². The lowest BCUT2D eigenvalue weighted by molar-refractivity contribution is -0.118. The van der Waals surface area contributed by atoms with Gasteiger partial charge in [-0.3, -0.25) is 9.69 Å². The molecule has 1 unspecified atom stereocenters. The Balaban J connectivity index is 1.98. The van der Waals surface area contributed by atoms with E-state index in [0.29, 0.717) is 33.0 Å². The summed E-state index contributed by atoms with van der Waals surface area (Å²) >= 11 is 7.60. The quantitative estimate of drug-likeness (QED) is 0.570. The molecule has 0 spiro atoms. The van der Waals surface area contributed by atoms with Gasteiger partial charge in [0, 0.05) is 23.1 Å². The van der Waals surface area contributed by atoms with E-state index in [9.17, 15) is 4.79 Å². The van der Waals surface area contributed by atoms with Crippen molar-refractivity contribution in [1.29, 1.82) is 0 Å². The first kappa shape index (κ1) is 18.7. The second-order valence-electron chi connectivity index (χ2n) is 6.38. The number of carbonyl (C=O) groups excluding carboxylic acids is 1. The molecule has 0 radical (unpaired) electrons. The minimum Gasteiger partial charge on any atom is -0.447 e. The average Bonchev–Trinajstić information content (AvgIpc) is 2.82. The highest BCUT2D eigenvalue weighted by molar-refractivity contribution is 7.98. The fraction of sp³-hybridized carbons (Fsp3) is 0.200. The van der Waals surface area contributed by atoms with Crippen LogP contribution in [0.1, 0.15) is 24.3 Å². The third-order valence-corrected chi connectivity index (χ3v) is 5.22. The highest BCUT2D eigenvalue weighted by Gasteiger charge is 2.34. The van der Waals surface area contributed by atoms with Crippen molar-refractivity contribution in [2.24, 2.45) is 0 Å². The number of ether oxygens (including phenoxy) is 1. The Labute approximate surface area is 171 Å². The highest BCUT2D eigenvalue weighted by Crippen LogP contribution is 2.44. The van der Waals surface area contributed by atoms with Crippen molar-refractivity contribution in [1.82, 2.24) is 15.2 Å². The van der Waals surface area contributed by atoms with Crippen molar-refractivity contribution in [3.63, 3.8) is 0 Å². The molecular weight excluding hydrogens is 396 g/mol. The predicted molar refractivity (Wildman–Crippen MR) is 110 cm³/mol. The molecule has 0 saturated heterocycles. The van der Waals surface area contributed by atoms with Gasteiger partial charge >= 0.3 is 0 Å². The molecule has 0 aliphatic carbocycles. The third kappa shape index (κ3) is 3.31. The van der Waals surface area contributed by atoms with Gasteiger partial charge < -0.3 is 4.74 Å². The molecule has 142 valence electrons. The van der Waals surface area contributed by atoms with E-state index in [1.165, 1.54) is 18.7 Å². The Kier molecular flexibility index (Phi) is 4.95. The summed E-state index contributed by atoms with van der Waals surface area (Å²) in [5.74, 6) is 0.150. The molecule has 1 atom stereocenters. The molecule has 4 rings (SSSR count). The normalized spacial score (nSPS) is 15.3. The number of thioether (sulfide) groups is 1. The maximum atomic E-state index is 12.7. The summed E-state index contributed by atoms with van der Waals surface area (Å²) in [6.07, 6.45) is 1.18. The Morgan fingerprint density at radius 3 is 2.61 bits per heavy atom. The maximum absolute atomic E-state index is 12.7. The number of anilines is 1. The average molecular weight is 413 g/mol. The van der Waals surface area contributed by atoms with Crippen molar-refractivity contribution in [3.8, 4) is 17.1 Å². The second kappa shape index (κ2) is 7.41. The number of nitrogens with zero attached hydrogens (tertiary/aromatic N) is 4. The molecule has 6 nitrogen and oxygen atoms in total. The highest BCUT2D eigenvalue weighted by atomic mass is 35.5. The molecule has 1 aliphatic rings. The Morgan fingerprint density at radius 1 is 1.18 bits per heavy atom. The summed E-state index contributed by atoms with van der Waals surface area (Å²) in [5, 5.41) is 9.46. The SMILES string of the molecule is CSc1nnc2c(n1)OC(c1ccc(C)cc1)N(C(C)=O)c1ccc(Cl)cc1-2. The van der Waals surface area contributed by atoms with Gasteiger partial charge in [-0.05, 0) is 31.4 Å². The fourth-order valence-electron chi connectivity index (χ4n) is 3.11. The minimum absolute atomic E-state index is 0.167. The lowest BCUT2D eigenvalue weighted by Crippen LogP contribution is -2.36. The maximum Gasteiger partial charge on any atom is 0.247 e. The van der Waals surface area contributed by atoms with Crippen LogP contribution in [0, 0.1) is 6.92 Å². The predicted octanol–water partition coefficient (Wildman–Crippen LogP) is 4.67. The largest absolute Gasteiger partial charge is 0.447 e.